The zero-order valence-electron chi connectivity index (χ0n) is 11.0. The van der Waals surface area contributed by atoms with E-state index in [1.54, 1.807) is 0 Å². The summed E-state index contributed by atoms with van der Waals surface area (Å²) in [6.07, 6.45) is -0.749. The highest BCUT2D eigenvalue weighted by Gasteiger charge is 2.28. The predicted octanol–water partition coefficient (Wildman–Crippen LogP) is -0.133. The number of nitrogens with one attached hydrogen (secondary N) is 2. The van der Waals surface area contributed by atoms with Crippen molar-refractivity contribution in [2.45, 2.75) is 31.6 Å². The number of amides is 1. The van der Waals surface area contributed by atoms with Gasteiger partial charge in [-0.05, 0) is 18.9 Å². The molecule has 1 amide bonds. The summed E-state index contributed by atoms with van der Waals surface area (Å²) in [6.45, 7) is 2.60. The Labute approximate surface area is 112 Å². The molecule has 2 rings (SSSR count). The summed E-state index contributed by atoms with van der Waals surface area (Å²) in [5.41, 5.74) is 1.91. The SMILES string of the molecule is Cc1ccc([C@H](O)CNC(=O)[C@@H]2C[C@@H](O)CN2)cc1. The Hall–Kier alpha value is -1.43. The van der Waals surface area contributed by atoms with Gasteiger partial charge in [-0.25, -0.2) is 0 Å². The molecular formula is C14H20N2O3. The van der Waals surface area contributed by atoms with E-state index >= 15 is 0 Å². The number of β-amino-alcohol motifs (C(OH)–C–C–N with tert-alkyl or cyclic N) is 1. The van der Waals surface area contributed by atoms with Crippen LogP contribution >= 0.6 is 0 Å². The molecule has 1 heterocycles. The smallest absolute Gasteiger partial charge is 0.237 e. The summed E-state index contributed by atoms with van der Waals surface area (Å²) in [5.74, 6) is -0.178. The number of carbonyl (C=O) groups excluding carboxylic acids is 1. The van der Waals surface area contributed by atoms with Crippen molar-refractivity contribution in [3.63, 3.8) is 0 Å². The maximum Gasteiger partial charge on any atom is 0.237 e. The summed E-state index contributed by atoms with van der Waals surface area (Å²) in [4.78, 5) is 11.8. The van der Waals surface area contributed by atoms with E-state index in [4.69, 9.17) is 0 Å². The molecule has 1 aromatic rings. The summed E-state index contributed by atoms with van der Waals surface area (Å²) in [6, 6.07) is 7.19. The first-order valence-electron chi connectivity index (χ1n) is 6.50. The molecule has 1 aliphatic rings. The predicted molar refractivity (Wildman–Crippen MR) is 71.6 cm³/mol. The van der Waals surface area contributed by atoms with Crippen LogP contribution in [0.25, 0.3) is 0 Å². The van der Waals surface area contributed by atoms with Gasteiger partial charge in [0.15, 0.2) is 0 Å². The van der Waals surface area contributed by atoms with Crippen molar-refractivity contribution in [2.24, 2.45) is 0 Å². The topological polar surface area (TPSA) is 81.6 Å². The highest BCUT2D eigenvalue weighted by atomic mass is 16.3. The fraction of sp³-hybridized carbons (Fsp3) is 0.500. The molecule has 5 nitrogen and oxygen atoms in total. The summed E-state index contributed by atoms with van der Waals surface area (Å²) >= 11 is 0. The van der Waals surface area contributed by atoms with Crippen LogP contribution in [0.3, 0.4) is 0 Å². The molecule has 0 radical (unpaired) electrons. The van der Waals surface area contributed by atoms with Crippen LogP contribution in [0.2, 0.25) is 0 Å². The van der Waals surface area contributed by atoms with Crippen LogP contribution in [0.4, 0.5) is 0 Å². The molecule has 1 aliphatic heterocycles. The molecule has 0 aliphatic carbocycles. The number of carbonyl (C=O) groups is 1. The molecule has 1 saturated heterocycles. The molecule has 0 unspecified atom stereocenters. The third kappa shape index (κ3) is 3.76. The number of aryl methyl sites for hydroxylation is 1. The van der Waals surface area contributed by atoms with Gasteiger partial charge >= 0.3 is 0 Å². The van der Waals surface area contributed by atoms with E-state index in [1.165, 1.54) is 0 Å². The lowest BCUT2D eigenvalue weighted by Gasteiger charge is -2.15. The van der Waals surface area contributed by atoms with Crippen molar-refractivity contribution in [3.8, 4) is 0 Å². The van der Waals surface area contributed by atoms with Gasteiger partial charge in [0.2, 0.25) is 5.91 Å². The van der Waals surface area contributed by atoms with Gasteiger partial charge in [0, 0.05) is 13.1 Å². The van der Waals surface area contributed by atoms with Crippen LogP contribution in [0.15, 0.2) is 24.3 Å². The Bertz CT molecular complexity index is 433. The van der Waals surface area contributed by atoms with Crippen molar-refractivity contribution >= 4 is 5.91 Å². The molecule has 104 valence electrons. The summed E-state index contributed by atoms with van der Waals surface area (Å²) in [5, 5.41) is 24.9. The van der Waals surface area contributed by atoms with Crippen LogP contribution in [0.1, 0.15) is 23.7 Å². The lowest BCUT2D eigenvalue weighted by Crippen LogP contribution is -2.41. The van der Waals surface area contributed by atoms with Crippen LogP contribution in [0, 0.1) is 6.92 Å². The first-order valence-corrected chi connectivity index (χ1v) is 6.50. The third-order valence-corrected chi connectivity index (χ3v) is 3.36. The Morgan fingerprint density at radius 2 is 2.16 bits per heavy atom. The van der Waals surface area contributed by atoms with Crippen LogP contribution in [0.5, 0.6) is 0 Å². The number of benzene rings is 1. The highest BCUT2D eigenvalue weighted by Crippen LogP contribution is 2.13. The lowest BCUT2D eigenvalue weighted by molar-refractivity contribution is -0.123. The van der Waals surface area contributed by atoms with Gasteiger partial charge in [0.05, 0.1) is 18.2 Å². The number of aliphatic hydroxyl groups is 2. The molecule has 19 heavy (non-hydrogen) atoms. The maximum atomic E-state index is 11.8. The van der Waals surface area contributed by atoms with Gasteiger partial charge < -0.3 is 20.8 Å². The minimum Gasteiger partial charge on any atom is -0.392 e. The molecule has 4 N–H and O–H groups in total. The van der Waals surface area contributed by atoms with Crippen molar-refractivity contribution < 1.29 is 15.0 Å². The lowest BCUT2D eigenvalue weighted by atomic mass is 10.1. The Kier molecular flexibility index (Phi) is 4.52. The first kappa shape index (κ1) is 14.0. The maximum absolute atomic E-state index is 11.8. The Balaban J connectivity index is 1.81. The van der Waals surface area contributed by atoms with Crippen molar-refractivity contribution in [1.29, 1.82) is 0 Å². The van der Waals surface area contributed by atoms with Gasteiger partial charge in [-0.15, -0.1) is 0 Å². The number of aliphatic hydroxyl groups excluding tert-OH is 2. The monoisotopic (exact) mass is 264 g/mol. The van der Waals surface area contributed by atoms with Crippen molar-refractivity contribution in [3.05, 3.63) is 35.4 Å². The largest absolute Gasteiger partial charge is 0.392 e. The zero-order valence-corrected chi connectivity index (χ0v) is 11.0. The second-order valence-corrected chi connectivity index (χ2v) is 5.02. The number of hydrogen-bond acceptors (Lipinski definition) is 4. The van der Waals surface area contributed by atoms with Crippen LogP contribution in [-0.4, -0.2) is 41.4 Å². The zero-order chi connectivity index (χ0) is 13.8. The van der Waals surface area contributed by atoms with E-state index in [-0.39, 0.29) is 18.5 Å². The second-order valence-electron chi connectivity index (χ2n) is 5.02. The molecule has 1 fully saturated rings. The van der Waals surface area contributed by atoms with Crippen LogP contribution in [-0.2, 0) is 4.79 Å². The first-order chi connectivity index (χ1) is 9.06. The molecule has 1 aromatic carbocycles. The van der Waals surface area contributed by atoms with E-state index in [9.17, 15) is 15.0 Å². The molecule has 5 heteroatoms. The van der Waals surface area contributed by atoms with E-state index in [0.29, 0.717) is 13.0 Å². The average Bonchev–Trinajstić information content (AvgIpc) is 2.83. The van der Waals surface area contributed by atoms with E-state index in [0.717, 1.165) is 11.1 Å². The van der Waals surface area contributed by atoms with Crippen LogP contribution < -0.4 is 10.6 Å². The quantitative estimate of drug-likeness (QED) is 0.610. The van der Waals surface area contributed by atoms with Gasteiger partial charge in [-0.3, -0.25) is 4.79 Å². The van der Waals surface area contributed by atoms with E-state index < -0.39 is 12.2 Å². The fourth-order valence-electron chi connectivity index (χ4n) is 2.14. The molecule has 0 bridgehead atoms. The standard InChI is InChI=1S/C14H20N2O3/c1-9-2-4-10(5-3-9)13(18)8-16-14(19)12-6-11(17)7-15-12/h2-5,11-13,15,17-18H,6-8H2,1H3,(H,16,19)/t11-,12+,13-/m1/s1. The Morgan fingerprint density at radius 1 is 1.47 bits per heavy atom. The van der Waals surface area contributed by atoms with E-state index in [1.807, 2.05) is 31.2 Å². The number of hydrogen-bond donors (Lipinski definition) is 4. The minimum absolute atomic E-state index is 0.177. The molecule has 0 aromatic heterocycles. The van der Waals surface area contributed by atoms with Gasteiger partial charge in [-0.2, -0.15) is 0 Å². The normalized spacial score (nSPS) is 24.2. The fourth-order valence-corrected chi connectivity index (χ4v) is 2.14. The molecule has 0 spiro atoms. The molecule has 3 atom stereocenters. The second kappa shape index (κ2) is 6.14. The van der Waals surface area contributed by atoms with Gasteiger partial charge in [-0.1, -0.05) is 29.8 Å². The summed E-state index contributed by atoms with van der Waals surface area (Å²) in [7, 11) is 0. The minimum atomic E-state index is -0.712. The average molecular weight is 264 g/mol. The number of rotatable bonds is 4. The third-order valence-electron chi connectivity index (χ3n) is 3.36. The summed E-state index contributed by atoms with van der Waals surface area (Å²) < 4.78 is 0. The molecular weight excluding hydrogens is 244 g/mol. The van der Waals surface area contributed by atoms with Gasteiger partial charge in [0.1, 0.15) is 0 Å². The van der Waals surface area contributed by atoms with Gasteiger partial charge in [0.25, 0.3) is 0 Å². The Morgan fingerprint density at radius 3 is 2.74 bits per heavy atom. The van der Waals surface area contributed by atoms with Crippen molar-refractivity contribution in [2.75, 3.05) is 13.1 Å². The highest BCUT2D eigenvalue weighted by molar-refractivity contribution is 5.82. The van der Waals surface area contributed by atoms with E-state index in [2.05, 4.69) is 10.6 Å². The van der Waals surface area contributed by atoms with Crippen molar-refractivity contribution in [1.82, 2.24) is 10.6 Å². The molecule has 0 saturated carbocycles.